The third-order valence-corrected chi connectivity index (χ3v) is 2.78. The first kappa shape index (κ1) is 12.5. The minimum atomic E-state index is -0.309. The fourth-order valence-electron chi connectivity index (χ4n) is 1.60. The maximum absolute atomic E-state index is 9.31. The van der Waals surface area contributed by atoms with Crippen molar-refractivity contribution in [1.82, 2.24) is 4.90 Å². The summed E-state index contributed by atoms with van der Waals surface area (Å²) in [5.41, 5.74) is 1.17. The van der Waals surface area contributed by atoms with Gasteiger partial charge < -0.3 is 5.11 Å². The van der Waals surface area contributed by atoms with Crippen LogP contribution in [-0.4, -0.2) is 29.7 Å². The predicted molar refractivity (Wildman–Crippen MR) is 64.2 cm³/mol. The smallest absolute Gasteiger partial charge is 0.0639 e. The molecule has 2 atom stereocenters. The van der Waals surface area contributed by atoms with Crippen molar-refractivity contribution >= 4 is 11.6 Å². The number of hydrogen-bond donors (Lipinski definition) is 1. The van der Waals surface area contributed by atoms with Crippen molar-refractivity contribution in [2.24, 2.45) is 0 Å². The zero-order chi connectivity index (χ0) is 11.4. The summed E-state index contributed by atoms with van der Waals surface area (Å²) in [6.45, 7) is 4.56. The minimum absolute atomic E-state index is 0.262. The van der Waals surface area contributed by atoms with Crippen LogP contribution in [0.4, 0.5) is 0 Å². The van der Waals surface area contributed by atoms with E-state index in [1.807, 2.05) is 25.2 Å². The summed E-state index contributed by atoms with van der Waals surface area (Å²) in [5.74, 6) is 0. The van der Waals surface area contributed by atoms with Crippen molar-refractivity contribution in [2.75, 3.05) is 13.6 Å². The fraction of sp³-hybridized carbons (Fsp3) is 0.500. The number of aliphatic hydroxyl groups is 1. The van der Waals surface area contributed by atoms with Gasteiger partial charge in [-0.25, -0.2) is 0 Å². The second-order valence-electron chi connectivity index (χ2n) is 4.02. The molecule has 1 rings (SSSR count). The van der Waals surface area contributed by atoms with E-state index in [2.05, 4.69) is 17.9 Å². The normalized spacial score (nSPS) is 15.3. The highest BCUT2D eigenvalue weighted by Crippen LogP contribution is 2.21. The Labute approximate surface area is 96.5 Å². The lowest BCUT2D eigenvalue weighted by Crippen LogP contribution is -2.29. The van der Waals surface area contributed by atoms with Gasteiger partial charge in [-0.3, -0.25) is 4.90 Å². The molecule has 2 nitrogen and oxygen atoms in total. The Morgan fingerprint density at radius 2 is 2.07 bits per heavy atom. The maximum atomic E-state index is 9.31. The number of rotatable bonds is 4. The van der Waals surface area contributed by atoms with Gasteiger partial charge in [-0.15, -0.1) is 0 Å². The number of hydrogen-bond acceptors (Lipinski definition) is 2. The molecule has 0 heterocycles. The van der Waals surface area contributed by atoms with E-state index in [0.29, 0.717) is 6.54 Å². The molecule has 1 N–H and O–H groups in total. The largest absolute Gasteiger partial charge is 0.392 e. The molecule has 84 valence electrons. The zero-order valence-electron chi connectivity index (χ0n) is 9.44. The quantitative estimate of drug-likeness (QED) is 0.855. The van der Waals surface area contributed by atoms with E-state index in [1.165, 1.54) is 5.56 Å². The van der Waals surface area contributed by atoms with Crippen molar-refractivity contribution in [3.8, 4) is 0 Å². The van der Waals surface area contributed by atoms with Crippen molar-refractivity contribution in [3.05, 3.63) is 34.9 Å². The first-order valence-electron chi connectivity index (χ1n) is 5.14. The van der Waals surface area contributed by atoms with E-state index in [1.54, 1.807) is 6.92 Å². The molecule has 15 heavy (non-hydrogen) atoms. The molecule has 0 aliphatic carbocycles. The van der Waals surface area contributed by atoms with Gasteiger partial charge in [-0.05, 0) is 38.6 Å². The van der Waals surface area contributed by atoms with Crippen molar-refractivity contribution < 1.29 is 5.11 Å². The van der Waals surface area contributed by atoms with Crippen molar-refractivity contribution in [3.63, 3.8) is 0 Å². The van der Waals surface area contributed by atoms with Crippen LogP contribution in [0.5, 0.6) is 0 Å². The molecule has 0 aliphatic heterocycles. The molecule has 0 amide bonds. The summed E-state index contributed by atoms with van der Waals surface area (Å²) in [7, 11) is 2.00. The monoisotopic (exact) mass is 227 g/mol. The van der Waals surface area contributed by atoms with Gasteiger partial charge in [0.15, 0.2) is 0 Å². The van der Waals surface area contributed by atoms with Gasteiger partial charge in [0.05, 0.1) is 6.10 Å². The summed E-state index contributed by atoms with van der Waals surface area (Å²) in [6, 6.07) is 8.09. The standard InChI is InChI=1S/C12H18ClNO/c1-9(15)8-14(3)10(2)11-5-4-6-12(13)7-11/h4-7,9-10,15H,8H2,1-3H3/t9-,10?/m1/s1. The Morgan fingerprint density at radius 3 is 2.60 bits per heavy atom. The maximum Gasteiger partial charge on any atom is 0.0639 e. The second-order valence-corrected chi connectivity index (χ2v) is 4.46. The van der Waals surface area contributed by atoms with Gasteiger partial charge in [0, 0.05) is 17.6 Å². The predicted octanol–water partition coefficient (Wildman–Crippen LogP) is 2.71. The number of benzene rings is 1. The van der Waals surface area contributed by atoms with Crippen LogP contribution < -0.4 is 0 Å². The van der Waals surface area contributed by atoms with Gasteiger partial charge >= 0.3 is 0 Å². The van der Waals surface area contributed by atoms with E-state index in [-0.39, 0.29) is 12.1 Å². The third kappa shape index (κ3) is 3.82. The minimum Gasteiger partial charge on any atom is -0.392 e. The molecule has 0 radical (unpaired) electrons. The average Bonchev–Trinajstić information content (AvgIpc) is 2.15. The summed E-state index contributed by atoms with van der Waals surface area (Å²) < 4.78 is 0. The fourth-order valence-corrected chi connectivity index (χ4v) is 1.79. The molecule has 0 saturated heterocycles. The Balaban J connectivity index is 2.71. The van der Waals surface area contributed by atoms with Crippen LogP contribution in [0.15, 0.2) is 24.3 Å². The number of nitrogens with zero attached hydrogens (tertiary/aromatic N) is 1. The average molecular weight is 228 g/mol. The Kier molecular flexibility index (Phi) is 4.58. The Bertz CT molecular complexity index is 314. The zero-order valence-corrected chi connectivity index (χ0v) is 10.2. The van der Waals surface area contributed by atoms with Crippen LogP contribution in [0, 0.1) is 0 Å². The Morgan fingerprint density at radius 1 is 1.40 bits per heavy atom. The summed E-state index contributed by atoms with van der Waals surface area (Å²) in [4.78, 5) is 2.11. The summed E-state index contributed by atoms with van der Waals surface area (Å²) in [5, 5.41) is 10.1. The van der Waals surface area contributed by atoms with Crippen LogP contribution in [0.3, 0.4) is 0 Å². The molecule has 0 bridgehead atoms. The van der Waals surface area contributed by atoms with Crippen LogP contribution in [0.25, 0.3) is 0 Å². The molecular weight excluding hydrogens is 210 g/mol. The lowest BCUT2D eigenvalue weighted by Gasteiger charge is -2.26. The highest BCUT2D eigenvalue weighted by atomic mass is 35.5. The van der Waals surface area contributed by atoms with E-state index in [0.717, 1.165) is 5.02 Å². The van der Waals surface area contributed by atoms with E-state index >= 15 is 0 Å². The van der Waals surface area contributed by atoms with Crippen LogP contribution in [0.2, 0.25) is 5.02 Å². The van der Waals surface area contributed by atoms with Gasteiger partial charge in [-0.2, -0.15) is 0 Å². The molecule has 0 fully saturated rings. The van der Waals surface area contributed by atoms with Crippen molar-refractivity contribution in [2.45, 2.75) is 26.0 Å². The topological polar surface area (TPSA) is 23.5 Å². The number of halogens is 1. The van der Waals surface area contributed by atoms with Crippen LogP contribution >= 0.6 is 11.6 Å². The van der Waals surface area contributed by atoms with Gasteiger partial charge in [0.25, 0.3) is 0 Å². The van der Waals surface area contributed by atoms with Crippen LogP contribution in [0.1, 0.15) is 25.5 Å². The number of aliphatic hydroxyl groups excluding tert-OH is 1. The molecule has 0 aromatic heterocycles. The highest BCUT2D eigenvalue weighted by Gasteiger charge is 2.13. The summed E-state index contributed by atoms with van der Waals surface area (Å²) >= 11 is 5.93. The van der Waals surface area contributed by atoms with Crippen molar-refractivity contribution in [1.29, 1.82) is 0 Å². The first-order chi connectivity index (χ1) is 7.00. The first-order valence-corrected chi connectivity index (χ1v) is 5.52. The molecule has 0 aliphatic rings. The lowest BCUT2D eigenvalue weighted by atomic mass is 10.1. The lowest BCUT2D eigenvalue weighted by molar-refractivity contribution is 0.122. The molecule has 1 aromatic rings. The second kappa shape index (κ2) is 5.50. The molecule has 1 unspecified atom stereocenters. The third-order valence-electron chi connectivity index (χ3n) is 2.54. The SMILES string of the molecule is CC(c1cccc(Cl)c1)N(C)C[C@@H](C)O. The number of likely N-dealkylation sites (N-methyl/N-ethyl adjacent to an activating group) is 1. The Hall–Kier alpha value is -0.570. The van der Waals surface area contributed by atoms with Crippen LogP contribution in [-0.2, 0) is 0 Å². The molecule has 0 spiro atoms. The van der Waals surface area contributed by atoms with E-state index < -0.39 is 0 Å². The molecule has 0 saturated carbocycles. The summed E-state index contributed by atoms with van der Waals surface area (Å²) in [6.07, 6.45) is -0.309. The van der Waals surface area contributed by atoms with Gasteiger partial charge in [0.1, 0.15) is 0 Å². The molecule has 1 aromatic carbocycles. The van der Waals surface area contributed by atoms with E-state index in [4.69, 9.17) is 11.6 Å². The van der Waals surface area contributed by atoms with E-state index in [9.17, 15) is 5.11 Å². The molecule has 3 heteroatoms. The molecular formula is C12H18ClNO. The van der Waals surface area contributed by atoms with Gasteiger partial charge in [-0.1, -0.05) is 23.7 Å². The van der Waals surface area contributed by atoms with Gasteiger partial charge in [0.2, 0.25) is 0 Å². The highest BCUT2D eigenvalue weighted by molar-refractivity contribution is 6.30.